The number of aromatic amines is 1. The number of thiazole rings is 1. The lowest BCUT2D eigenvalue weighted by atomic mass is 9.97. The van der Waals surface area contributed by atoms with E-state index in [1.165, 1.54) is 16.9 Å². The fourth-order valence-corrected chi connectivity index (χ4v) is 5.62. The van der Waals surface area contributed by atoms with Gasteiger partial charge in [0.2, 0.25) is 0 Å². The molecule has 1 fully saturated rings. The van der Waals surface area contributed by atoms with Crippen molar-refractivity contribution >= 4 is 28.3 Å². The predicted octanol–water partition coefficient (Wildman–Crippen LogP) is 5.47. The lowest BCUT2D eigenvalue weighted by Crippen LogP contribution is -2.43. The second-order valence-electron chi connectivity index (χ2n) is 8.92. The van der Waals surface area contributed by atoms with Gasteiger partial charge in [0.25, 0.3) is 5.91 Å². The standard InChI is InChI=1S/C26H28N4O3S/c1-15-7-9-17(10-8-15)22-23(34-16(2)27-22)24(31)30-12-6-11-26(30,3)25-28-18-13-20(32-4)21(33-5)14-19(18)29-25/h7-10,13-14H,6,11-12H2,1-5H3,(H,28,29)/t26-/m0/s1. The van der Waals surface area contributed by atoms with Crippen LogP contribution in [0.1, 0.15) is 45.8 Å². The minimum absolute atomic E-state index is 0.00297. The average Bonchev–Trinajstić information content (AvgIpc) is 3.54. The number of nitrogens with zero attached hydrogens (tertiary/aromatic N) is 3. The first-order valence-corrected chi connectivity index (χ1v) is 12.1. The van der Waals surface area contributed by atoms with Gasteiger partial charge < -0.3 is 19.4 Å². The molecule has 1 aliphatic rings. The van der Waals surface area contributed by atoms with Gasteiger partial charge in [-0.05, 0) is 33.6 Å². The molecule has 1 saturated heterocycles. The number of likely N-dealkylation sites (tertiary alicyclic amines) is 1. The van der Waals surface area contributed by atoms with E-state index in [9.17, 15) is 4.79 Å². The molecule has 1 amide bonds. The molecule has 5 rings (SSSR count). The zero-order valence-electron chi connectivity index (χ0n) is 20.1. The molecule has 2 aromatic heterocycles. The van der Waals surface area contributed by atoms with E-state index in [-0.39, 0.29) is 5.91 Å². The highest BCUT2D eigenvalue weighted by Crippen LogP contribution is 2.42. The van der Waals surface area contributed by atoms with E-state index >= 15 is 0 Å². The highest BCUT2D eigenvalue weighted by Gasteiger charge is 2.44. The Morgan fingerprint density at radius 1 is 1.09 bits per heavy atom. The molecule has 0 radical (unpaired) electrons. The van der Waals surface area contributed by atoms with Crippen LogP contribution in [0.15, 0.2) is 36.4 Å². The fourth-order valence-electron chi connectivity index (χ4n) is 4.73. The molecule has 0 saturated carbocycles. The summed E-state index contributed by atoms with van der Waals surface area (Å²) >= 11 is 1.45. The lowest BCUT2D eigenvalue weighted by molar-refractivity contribution is 0.0611. The number of carbonyl (C=O) groups excluding carboxylic acids is 1. The number of hydrogen-bond donors (Lipinski definition) is 1. The molecule has 0 bridgehead atoms. The molecule has 0 aliphatic carbocycles. The Labute approximate surface area is 202 Å². The van der Waals surface area contributed by atoms with Crippen molar-refractivity contribution in [3.05, 3.63) is 57.7 Å². The molecule has 3 heterocycles. The van der Waals surface area contributed by atoms with Crippen LogP contribution in [0.4, 0.5) is 0 Å². The molecule has 2 aromatic carbocycles. The van der Waals surface area contributed by atoms with E-state index in [1.54, 1.807) is 14.2 Å². The summed E-state index contributed by atoms with van der Waals surface area (Å²) in [5.74, 6) is 2.02. The smallest absolute Gasteiger partial charge is 0.267 e. The lowest BCUT2D eigenvalue weighted by Gasteiger charge is -2.33. The highest BCUT2D eigenvalue weighted by molar-refractivity contribution is 7.14. The van der Waals surface area contributed by atoms with Gasteiger partial charge in [-0.3, -0.25) is 4.79 Å². The Hall–Kier alpha value is -3.39. The number of H-pyrrole nitrogens is 1. The number of fused-ring (bicyclic) bond motifs is 1. The molecule has 0 unspecified atom stereocenters. The number of benzene rings is 2. The largest absolute Gasteiger partial charge is 0.493 e. The summed E-state index contributed by atoms with van der Waals surface area (Å²) in [5, 5.41) is 0.878. The average molecular weight is 477 g/mol. The first-order valence-electron chi connectivity index (χ1n) is 11.3. The molecular formula is C26H28N4O3S. The Bertz CT molecular complexity index is 1330. The zero-order chi connectivity index (χ0) is 24.0. The second-order valence-corrected chi connectivity index (χ2v) is 10.1. The molecule has 1 N–H and O–H groups in total. The number of nitrogens with one attached hydrogen (secondary N) is 1. The van der Waals surface area contributed by atoms with E-state index < -0.39 is 5.54 Å². The Morgan fingerprint density at radius 3 is 2.50 bits per heavy atom. The number of ether oxygens (including phenoxy) is 2. The Kier molecular flexibility index (Phi) is 5.56. The van der Waals surface area contributed by atoms with Crippen molar-refractivity contribution in [3.8, 4) is 22.8 Å². The molecule has 1 atom stereocenters. The second kappa shape index (κ2) is 8.43. The van der Waals surface area contributed by atoms with Gasteiger partial charge in [0.15, 0.2) is 11.5 Å². The van der Waals surface area contributed by atoms with Crippen molar-refractivity contribution in [2.45, 2.75) is 39.2 Å². The summed E-state index contributed by atoms with van der Waals surface area (Å²) in [5.41, 5.74) is 3.96. The van der Waals surface area contributed by atoms with Crippen molar-refractivity contribution in [1.82, 2.24) is 19.9 Å². The predicted molar refractivity (Wildman–Crippen MR) is 134 cm³/mol. The quantitative estimate of drug-likeness (QED) is 0.413. The zero-order valence-corrected chi connectivity index (χ0v) is 20.9. The number of hydrogen-bond acceptors (Lipinski definition) is 6. The maximum absolute atomic E-state index is 13.9. The molecule has 34 heavy (non-hydrogen) atoms. The van der Waals surface area contributed by atoms with Gasteiger partial charge >= 0.3 is 0 Å². The summed E-state index contributed by atoms with van der Waals surface area (Å²) in [4.78, 5) is 29.6. The molecule has 0 spiro atoms. The van der Waals surface area contributed by atoms with Crippen molar-refractivity contribution < 1.29 is 14.3 Å². The SMILES string of the molecule is COc1cc2nc([C@]3(C)CCCN3C(=O)c3sc(C)nc3-c3ccc(C)cc3)[nH]c2cc1OC. The first-order chi connectivity index (χ1) is 16.3. The van der Waals surface area contributed by atoms with Crippen LogP contribution in [0.25, 0.3) is 22.3 Å². The number of rotatable bonds is 5. The van der Waals surface area contributed by atoms with Gasteiger partial charge in [0.1, 0.15) is 10.7 Å². The fraction of sp³-hybridized carbons (Fsp3) is 0.346. The third-order valence-corrected chi connectivity index (χ3v) is 7.60. The van der Waals surface area contributed by atoms with E-state index in [0.717, 1.165) is 46.0 Å². The Morgan fingerprint density at radius 2 is 1.79 bits per heavy atom. The summed E-state index contributed by atoms with van der Waals surface area (Å²) < 4.78 is 10.9. The van der Waals surface area contributed by atoms with Crippen LogP contribution in [-0.2, 0) is 5.54 Å². The Balaban J connectivity index is 1.54. The van der Waals surface area contributed by atoms with Gasteiger partial charge in [-0.1, -0.05) is 29.8 Å². The first kappa shape index (κ1) is 22.4. The van der Waals surface area contributed by atoms with Gasteiger partial charge in [0, 0.05) is 24.2 Å². The molecule has 4 aromatic rings. The number of imidazole rings is 1. The van der Waals surface area contributed by atoms with Gasteiger partial charge in [-0.25, -0.2) is 9.97 Å². The highest BCUT2D eigenvalue weighted by atomic mass is 32.1. The van der Waals surface area contributed by atoms with Crippen LogP contribution >= 0.6 is 11.3 Å². The number of amides is 1. The van der Waals surface area contributed by atoms with Gasteiger partial charge in [-0.2, -0.15) is 0 Å². The van der Waals surface area contributed by atoms with Crippen LogP contribution in [0.5, 0.6) is 11.5 Å². The van der Waals surface area contributed by atoms with Crippen molar-refractivity contribution in [2.24, 2.45) is 0 Å². The number of aryl methyl sites for hydroxylation is 2. The maximum atomic E-state index is 13.9. The van der Waals surface area contributed by atoms with Crippen LogP contribution in [-0.4, -0.2) is 46.5 Å². The van der Waals surface area contributed by atoms with Crippen LogP contribution in [0.2, 0.25) is 0 Å². The monoisotopic (exact) mass is 476 g/mol. The van der Waals surface area contributed by atoms with Crippen LogP contribution in [0.3, 0.4) is 0 Å². The van der Waals surface area contributed by atoms with Crippen molar-refractivity contribution in [3.63, 3.8) is 0 Å². The van der Waals surface area contributed by atoms with E-state index in [4.69, 9.17) is 19.4 Å². The summed E-state index contributed by atoms with van der Waals surface area (Å²) in [6, 6.07) is 11.9. The summed E-state index contributed by atoms with van der Waals surface area (Å²) in [6.45, 7) is 6.76. The van der Waals surface area contributed by atoms with Crippen LogP contribution in [0, 0.1) is 13.8 Å². The van der Waals surface area contributed by atoms with E-state index in [2.05, 4.69) is 31.0 Å². The van der Waals surface area contributed by atoms with Crippen LogP contribution < -0.4 is 9.47 Å². The molecule has 1 aliphatic heterocycles. The normalized spacial score (nSPS) is 18.0. The third kappa shape index (κ3) is 3.62. The topological polar surface area (TPSA) is 80.3 Å². The van der Waals surface area contributed by atoms with E-state index in [0.29, 0.717) is 22.9 Å². The minimum Gasteiger partial charge on any atom is -0.493 e. The molecule has 8 heteroatoms. The number of methoxy groups -OCH3 is 2. The minimum atomic E-state index is -0.557. The molecule has 7 nitrogen and oxygen atoms in total. The van der Waals surface area contributed by atoms with Gasteiger partial charge in [-0.15, -0.1) is 11.3 Å². The van der Waals surface area contributed by atoms with Gasteiger partial charge in [0.05, 0.1) is 41.5 Å². The summed E-state index contributed by atoms with van der Waals surface area (Å²) in [6.07, 6.45) is 1.73. The third-order valence-electron chi connectivity index (χ3n) is 6.64. The maximum Gasteiger partial charge on any atom is 0.267 e. The van der Waals surface area contributed by atoms with Crippen molar-refractivity contribution in [1.29, 1.82) is 0 Å². The summed E-state index contributed by atoms with van der Waals surface area (Å²) in [7, 11) is 3.22. The molecular weight excluding hydrogens is 448 g/mol. The van der Waals surface area contributed by atoms with Crippen molar-refractivity contribution in [2.75, 3.05) is 20.8 Å². The number of carbonyl (C=O) groups is 1. The molecule has 176 valence electrons. The van der Waals surface area contributed by atoms with E-state index in [1.807, 2.05) is 36.1 Å². The number of aromatic nitrogens is 3.